The van der Waals surface area contributed by atoms with Crippen LogP contribution >= 0.6 is 0 Å². The fourth-order valence-corrected chi connectivity index (χ4v) is 4.23. The number of piperidine rings is 1. The molecule has 2 saturated heterocycles. The number of benzene rings is 1. The van der Waals surface area contributed by atoms with Crippen molar-refractivity contribution in [3.05, 3.63) is 48.3 Å². The molecular weight excluding hydrogens is 344 g/mol. The summed E-state index contributed by atoms with van der Waals surface area (Å²) < 4.78 is 15.3. The van der Waals surface area contributed by atoms with Crippen LogP contribution in [0.5, 0.6) is 0 Å². The van der Waals surface area contributed by atoms with Crippen LogP contribution in [-0.4, -0.2) is 51.7 Å². The largest absolute Gasteiger partial charge is 0.459 e. The maximum Gasteiger partial charge on any atom is 0.340 e. The number of para-hydroxylation sites is 1. The van der Waals surface area contributed by atoms with E-state index in [1.54, 1.807) is 10.9 Å². The van der Waals surface area contributed by atoms with Gasteiger partial charge in [-0.3, -0.25) is 4.68 Å². The number of ether oxygens (including phenoxy) is 2. The smallest absolute Gasteiger partial charge is 0.340 e. The van der Waals surface area contributed by atoms with Gasteiger partial charge >= 0.3 is 5.97 Å². The molecule has 7 heteroatoms. The van der Waals surface area contributed by atoms with Gasteiger partial charge in [-0.25, -0.2) is 4.79 Å². The monoisotopic (exact) mass is 366 g/mol. The van der Waals surface area contributed by atoms with Crippen molar-refractivity contribution >= 4 is 16.9 Å². The van der Waals surface area contributed by atoms with E-state index < -0.39 is 0 Å². The number of nitrogens with zero attached hydrogens (tertiary/aromatic N) is 3. The summed E-state index contributed by atoms with van der Waals surface area (Å²) >= 11 is 0. The number of fused-ring (bicyclic) bond motifs is 3. The molecule has 0 amide bonds. The third kappa shape index (κ3) is 2.93. The van der Waals surface area contributed by atoms with Gasteiger partial charge in [-0.15, -0.1) is 0 Å². The summed E-state index contributed by atoms with van der Waals surface area (Å²) in [5.74, 6) is 0.636. The number of aromatic nitrogens is 3. The number of carbonyl (C=O) groups is 1. The number of hydrogen-bond donors (Lipinski definition) is 1. The van der Waals surface area contributed by atoms with Crippen molar-refractivity contribution in [3.8, 4) is 5.82 Å². The zero-order valence-electron chi connectivity index (χ0n) is 15.2. The average Bonchev–Trinajstić information content (AvgIpc) is 3.25. The second-order valence-corrected chi connectivity index (χ2v) is 7.34. The highest BCUT2D eigenvalue weighted by molar-refractivity contribution is 6.04. The molecule has 1 aromatic carbocycles. The Balaban J connectivity index is 1.46. The molecule has 0 spiro atoms. The van der Waals surface area contributed by atoms with Crippen LogP contribution in [0.1, 0.15) is 23.2 Å². The van der Waals surface area contributed by atoms with Gasteiger partial charge in [-0.2, -0.15) is 5.10 Å². The first-order chi connectivity index (χ1) is 13.2. The standard InChI is InChI=1S/C20H22N4O3/c1-23-19(6-7-21-23)24-10-17(16-4-2-3-5-18(16)24)20(25)27-15-8-13-11-26-12-14(9-15)22-13/h2-7,10,13-15,22H,8-9,11-12H2,1H3/t13-,14+,15-. The van der Waals surface area contributed by atoms with Crippen LogP contribution in [0.2, 0.25) is 0 Å². The summed E-state index contributed by atoms with van der Waals surface area (Å²) in [6.45, 7) is 1.37. The minimum atomic E-state index is -0.266. The molecule has 140 valence electrons. The molecule has 0 unspecified atom stereocenters. The van der Waals surface area contributed by atoms with Gasteiger partial charge in [0.2, 0.25) is 0 Å². The Labute approximate surface area is 156 Å². The highest BCUT2D eigenvalue weighted by Crippen LogP contribution is 2.27. The zero-order chi connectivity index (χ0) is 18.4. The SMILES string of the molecule is Cn1nccc1-n1cc(C(=O)O[C@H]2C[C@H]3COC[C@@H](C2)N3)c2ccccc21. The topological polar surface area (TPSA) is 70.3 Å². The molecule has 0 saturated carbocycles. The van der Waals surface area contributed by atoms with Gasteiger partial charge in [0.25, 0.3) is 0 Å². The van der Waals surface area contributed by atoms with Crippen molar-refractivity contribution < 1.29 is 14.3 Å². The summed E-state index contributed by atoms with van der Waals surface area (Å²) in [6, 6.07) is 10.3. The predicted octanol–water partition coefficient (Wildman–Crippen LogP) is 2.04. The first-order valence-corrected chi connectivity index (χ1v) is 9.32. The van der Waals surface area contributed by atoms with Crippen LogP contribution < -0.4 is 5.32 Å². The van der Waals surface area contributed by atoms with E-state index in [-0.39, 0.29) is 24.2 Å². The van der Waals surface area contributed by atoms with E-state index in [0.29, 0.717) is 18.8 Å². The minimum Gasteiger partial charge on any atom is -0.459 e. The number of hydrogen-bond acceptors (Lipinski definition) is 5. The molecule has 2 aliphatic heterocycles. The number of esters is 1. The van der Waals surface area contributed by atoms with Gasteiger partial charge in [0, 0.05) is 49.6 Å². The minimum absolute atomic E-state index is 0.0727. The Morgan fingerprint density at radius 2 is 2.00 bits per heavy atom. The van der Waals surface area contributed by atoms with Crippen molar-refractivity contribution in [1.82, 2.24) is 19.7 Å². The van der Waals surface area contributed by atoms with Gasteiger partial charge in [0.1, 0.15) is 11.9 Å². The lowest BCUT2D eigenvalue weighted by molar-refractivity contribution is -0.0339. The van der Waals surface area contributed by atoms with Gasteiger partial charge in [-0.05, 0) is 6.07 Å². The Morgan fingerprint density at radius 3 is 2.74 bits per heavy atom. The number of carbonyl (C=O) groups excluding carboxylic acids is 1. The second kappa shape index (κ2) is 6.51. The zero-order valence-corrected chi connectivity index (χ0v) is 15.2. The molecule has 0 aliphatic carbocycles. The molecule has 7 nitrogen and oxygen atoms in total. The lowest BCUT2D eigenvalue weighted by Gasteiger charge is -2.39. The molecular formula is C20H22N4O3. The quantitative estimate of drug-likeness (QED) is 0.719. The van der Waals surface area contributed by atoms with Crippen LogP contribution in [0, 0.1) is 0 Å². The van der Waals surface area contributed by atoms with Gasteiger partial charge in [0.15, 0.2) is 0 Å². The molecule has 4 heterocycles. The lowest BCUT2D eigenvalue weighted by Crippen LogP contribution is -2.56. The number of aryl methyl sites for hydroxylation is 1. The average molecular weight is 366 g/mol. The first kappa shape index (κ1) is 16.5. The number of nitrogens with one attached hydrogen (secondary N) is 1. The molecule has 3 aromatic rings. The molecule has 2 aromatic heterocycles. The predicted molar refractivity (Wildman–Crippen MR) is 100 cm³/mol. The summed E-state index contributed by atoms with van der Waals surface area (Å²) in [5.41, 5.74) is 1.55. The van der Waals surface area contributed by atoms with E-state index in [1.807, 2.05) is 48.1 Å². The van der Waals surface area contributed by atoms with Crippen LogP contribution in [0.3, 0.4) is 0 Å². The van der Waals surface area contributed by atoms with Gasteiger partial charge in [-0.1, -0.05) is 18.2 Å². The molecule has 3 atom stereocenters. The van der Waals surface area contributed by atoms with E-state index >= 15 is 0 Å². The van der Waals surface area contributed by atoms with Crippen LogP contribution in [0.25, 0.3) is 16.7 Å². The van der Waals surface area contributed by atoms with Crippen molar-refractivity contribution in [3.63, 3.8) is 0 Å². The number of rotatable bonds is 3. The Hall–Kier alpha value is -2.64. The summed E-state index contributed by atoms with van der Waals surface area (Å²) in [6.07, 6.45) is 5.12. The summed E-state index contributed by atoms with van der Waals surface area (Å²) in [4.78, 5) is 13.0. The van der Waals surface area contributed by atoms with Crippen molar-refractivity contribution in [2.75, 3.05) is 13.2 Å². The second-order valence-electron chi connectivity index (χ2n) is 7.34. The molecule has 27 heavy (non-hydrogen) atoms. The van der Waals surface area contributed by atoms with Crippen LogP contribution in [0.15, 0.2) is 42.7 Å². The van der Waals surface area contributed by atoms with E-state index in [0.717, 1.165) is 29.6 Å². The lowest BCUT2D eigenvalue weighted by atomic mass is 9.94. The third-order valence-electron chi connectivity index (χ3n) is 5.45. The fraction of sp³-hybridized carbons (Fsp3) is 0.400. The molecule has 1 N–H and O–H groups in total. The molecule has 0 radical (unpaired) electrons. The van der Waals surface area contributed by atoms with Crippen LogP contribution in [0.4, 0.5) is 0 Å². The first-order valence-electron chi connectivity index (χ1n) is 9.32. The maximum atomic E-state index is 13.0. The van der Waals surface area contributed by atoms with E-state index in [4.69, 9.17) is 9.47 Å². The van der Waals surface area contributed by atoms with Crippen molar-refractivity contribution in [2.24, 2.45) is 7.05 Å². The van der Waals surface area contributed by atoms with E-state index in [9.17, 15) is 4.79 Å². The summed E-state index contributed by atoms with van der Waals surface area (Å²) in [7, 11) is 1.89. The Morgan fingerprint density at radius 1 is 1.22 bits per heavy atom. The summed E-state index contributed by atoms with van der Waals surface area (Å²) in [5, 5.41) is 8.66. The van der Waals surface area contributed by atoms with Crippen molar-refractivity contribution in [1.29, 1.82) is 0 Å². The van der Waals surface area contributed by atoms with Gasteiger partial charge < -0.3 is 19.4 Å². The highest BCUT2D eigenvalue weighted by Gasteiger charge is 2.34. The third-order valence-corrected chi connectivity index (χ3v) is 5.45. The Kier molecular flexibility index (Phi) is 3.98. The normalized spacial score (nSPS) is 24.9. The van der Waals surface area contributed by atoms with Crippen molar-refractivity contribution in [2.45, 2.75) is 31.0 Å². The van der Waals surface area contributed by atoms with E-state index in [1.165, 1.54) is 0 Å². The van der Waals surface area contributed by atoms with Crippen LogP contribution in [-0.2, 0) is 16.5 Å². The maximum absolute atomic E-state index is 13.0. The van der Waals surface area contributed by atoms with E-state index in [2.05, 4.69) is 10.4 Å². The molecule has 2 bridgehead atoms. The highest BCUT2D eigenvalue weighted by atomic mass is 16.5. The Bertz CT molecular complexity index is 980. The molecule has 5 rings (SSSR count). The molecule has 2 aliphatic rings. The van der Waals surface area contributed by atoms with Gasteiger partial charge in [0.05, 0.1) is 30.5 Å². The molecule has 2 fully saturated rings. The fourth-order valence-electron chi connectivity index (χ4n) is 4.23. The number of morpholine rings is 1.